The average Bonchev–Trinajstić information content (AvgIpc) is 2.44. The van der Waals surface area contributed by atoms with Gasteiger partial charge in [0.1, 0.15) is 0 Å². The highest BCUT2D eigenvalue weighted by Crippen LogP contribution is 2.14. The molecule has 4 heteroatoms. The predicted molar refractivity (Wildman–Crippen MR) is 60.0 cm³/mol. The Kier molecular flexibility index (Phi) is 2.29. The summed E-state index contributed by atoms with van der Waals surface area (Å²) < 4.78 is 3.38. The summed E-state index contributed by atoms with van der Waals surface area (Å²) in [5, 5.41) is 6.24. The molecular weight excluding hydrogens is 194 g/mol. The first-order chi connectivity index (χ1) is 6.68. The van der Waals surface area contributed by atoms with Gasteiger partial charge in [0.05, 0.1) is 10.2 Å². The maximum atomic E-state index is 4.41. The molecule has 1 aromatic carbocycles. The van der Waals surface area contributed by atoms with Gasteiger partial charge < -0.3 is 9.58 Å². The summed E-state index contributed by atoms with van der Waals surface area (Å²) in [6.45, 7) is 0. The van der Waals surface area contributed by atoms with Crippen LogP contribution < -0.4 is 4.80 Å². The maximum absolute atomic E-state index is 4.41. The van der Waals surface area contributed by atoms with Crippen molar-refractivity contribution in [3.05, 3.63) is 29.1 Å². The number of aryl methyl sites for hydroxylation is 1. The molecular formula is C10H13N3S. The molecule has 3 nitrogen and oxygen atoms in total. The Balaban J connectivity index is 2.75. The van der Waals surface area contributed by atoms with E-state index >= 15 is 0 Å². The highest BCUT2D eigenvalue weighted by atomic mass is 32.1. The third-order valence-electron chi connectivity index (χ3n) is 2.00. The molecule has 14 heavy (non-hydrogen) atoms. The van der Waals surface area contributed by atoms with Gasteiger partial charge in [-0.1, -0.05) is 23.5 Å². The molecule has 0 unspecified atom stereocenters. The van der Waals surface area contributed by atoms with E-state index in [0.717, 1.165) is 4.80 Å². The molecule has 1 aromatic heterocycles. The van der Waals surface area contributed by atoms with E-state index in [2.05, 4.69) is 33.9 Å². The van der Waals surface area contributed by atoms with Crippen LogP contribution in [0.25, 0.3) is 10.2 Å². The predicted octanol–water partition coefficient (Wildman–Crippen LogP) is 1.62. The Morgan fingerprint density at radius 1 is 1.29 bits per heavy atom. The molecule has 74 valence electrons. The topological polar surface area (TPSA) is 20.5 Å². The van der Waals surface area contributed by atoms with Crippen LogP contribution in [0.1, 0.15) is 0 Å². The van der Waals surface area contributed by atoms with Crippen molar-refractivity contribution >= 4 is 21.6 Å². The average molecular weight is 207 g/mol. The van der Waals surface area contributed by atoms with Crippen LogP contribution in [-0.4, -0.2) is 23.7 Å². The summed E-state index contributed by atoms with van der Waals surface area (Å²) in [6, 6.07) is 8.34. The molecule has 0 saturated heterocycles. The molecule has 0 aliphatic rings. The fourth-order valence-corrected chi connectivity index (χ4v) is 2.44. The number of thiazole rings is 1. The van der Waals surface area contributed by atoms with Crippen molar-refractivity contribution in [2.75, 3.05) is 14.1 Å². The van der Waals surface area contributed by atoms with E-state index in [1.54, 1.807) is 11.3 Å². The van der Waals surface area contributed by atoms with Crippen molar-refractivity contribution in [3.8, 4) is 0 Å². The smallest absolute Gasteiger partial charge is 0.208 e. The lowest BCUT2D eigenvalue weighted by molar-refractivity contribution is 0.417. The molecule has 0 saturated carbocycles. The minimum absolute atomic E-state index is 1.02. The summed E-state index contributed by atoms with van der Waals surface area (Å²) in [5.41, 5.74) is 1.23. The first kappa shape index (κ1) is 9.27. The number of hydrogen-bond acceptors (Lipinski definition) is 3. The Bertz CT molecular complexity index is 507. The molecule has 0 radical (unpaired) electrons. The minimum Gasteiger partial charge on any atom is -0.318 e. The summed E-state index contributed by atoms with van der Waals surface area (Å²) in [5.74, 6) is 0. The van der Waals surface area contributed by atoms with Gasteiger partial charge in [-0.2, -0.15) is 0 Å². The zero-order valence-corrected chi connectivity index (χ0v) is 9.38. The summed E-state index contributed by atoms with van der Waals surface area (Å²) >= 11 is 1.71. The third-order valence-corrected chi connectivity index (χ3v) is 3.10. The zero-order chi connectivity index (χ0) is 10.1. The lowest BCUT2D eigenvalue weighted by Crippen LogP contribution is -2.16. The number of nitrogens with zero attached hydrogens (tertiary/aromatic N) is 3. The first-order valence-electron chi connectivity index (χ1n) is 4.45. The van der Waals surface area contributed by atoms with Gasteiger partial charge in [-0.15, -0.1) is 5.10 Å². The molecule has 2 rings (SSSR count). The van der Waals surface area contributed by atoms with E-state index in [1.807, 2.05) is 26.2 Å². The van der Waals surface area contributed by atoms with E-state index in [4.69, 9.17) is 0 Å². The van der Waals surface area contributed by atoms with E-state index < -0.39 is 0 Å². The maximum Gasteiger partial charge on any atom is 0.208 e. The minimum atomic E-state index is 1.02. The molecule has 0 atom stereocenters. The second kappa shape index (κ2) is 3.46. The summed E-state index contributed by atoms with van der Waals surface area (Å²) in [4.78, 5) is 1.02. The van der Waals surface area contributed by atoms with Crippen LogP contribution in [0, 0.1) is 0 Å². The Hall–Kier alpha value is -1.29. The lowest BCUT2D eigenvalue weighted by Gasteiger charge is -2.01. The number of fused-ring (bicyclic) bond motifs is 1. The van der Waals surface area contributed by atoms with Gasteiger partial charge in [0.15, 0.2) is 0 Å². The van der Waals surface area contributed by atoms with Crippen molar-refractivity contribution in [1.29, 1.82) is 0 Å². The molecule has 0 aliphatic carbocycles. The van der Waals surface area contributed by atoms with Gasteiger partial charge >= 0.3 is 0 Å². The van der Waals surface area contributed by atoms with Crippen LogP contribution in [0.2, 0.25) is 0 Å². The second-order valence-electron chi connectivity index (χ2n) is 3.36. The monoisotopic (exact) mass is 207 g/mol. The van der Waals surface area contributed by atoms with Crippen molar-refractivity contribution in [3.63, 3.8) is 0 Å². The summed E-state index contributed by atoms with van der Waals surface area (Å²) in [6.07, 6.45) is 0. The van der Waals surface area contributed by atoms with Gasteiger partial charge in [-0.25, -0.2) is 0 Å². The number of hydrogen-bond donors (Lipinski definition) is 0. The molecule has 0 spiro atoms. The molecule has 0 amide bonds. The van der Waals surface area contributed by atoms with Crippen molar-refractivity contribution < 1.29 is 0 Å². The van der Waals surface area contributed by atoms with E-state index in [1.165, 1.54) is 10.2 Å². The van der Waals surface area contributed by atoms with Gasteiger partial charge in [-0.3, -0.25) is 0 Å². The zero-order valence-electron chi connectivity index (χ0n) is 8.56. The van der Waals surface area contributed by atoms with E-state index in [-0.39, 0.29) is 0 Å². The van der Waals surface area contributed by atoms with Gasteiger partial charge in [-0.05, 0) is 12.1 Å². The highest BCUT2D eigenvalue weighted by Gasteiger charge is 2.00. The van der Waals surface area contributed by atoms with Crippen molar-refractivity contribution in [2.24, 2.45) is 12.1 Å². The van der Waals surface area contributed by atoms with Crippen LogP contribution in [0.15, 0.2) is 29.4 Å². The lowest BCUT2D eigenvalue weighted by atomic mass is 10.3. The Labute approximate surface area is 86.9 Å². The molecule has 0 fully saturated rings. The quantitative estimate of drug-likeness (QED) is 0.651. The number of benzene rings is 1. The van der Waals surface area contributed by atoms with E-state index in [9.17, 15) is 0 Å². The fourth-order valence-electron chi connectivity index (χ4n) is 1.35. The van der Waals surface area contributed by atoms with Crippen molar-refractivity contribution in [2.45, 2.75) is 0 Å². The SMILES string of the molecule is CN(C)N=c1sc2ccccc2n1C. The Morgan fingerprint density at radius 2 is 2.00 bits per heavy atom. The normalized spacial score (nSPS) is 12.4. The fraction of sp³-hybridized carbons (Fsp3) is 0.300. The highest BCUT2D eigenvalue weighted by molar-refractivity contribution is 7.16. The van der Waals surface area contributed by atoms with Gasteiger partial charge in [0.2, 0.25) is 4.80 Å². The van der Waals surface area contributed by atoms with E-state index in [0.29, 0.717) is 0 Å². The van der Waals surface area contributed by atoms with Gasteiger partial charge in [0.25, 0.3) is 0 Å². The third kappa shape index (κ3) is 1.53. The van der Waals surface area contributed by atoms with Gasteiger partial charge in [0, 0.05) is 21.1 Å². The summed E-state index contributed by atoms with van der Waals surface area (Å²) in [7, 11) is 5.91. The molecule has 1 heterocycles. The van der Waals surface area contributed by atoms with Crippen LogP contribution in [0.3, 0.4) is 0 Å². The standard InChI is InChI=1S/C10H13N3S/c1-12(2)11-10-13(3)8-6-4-5-7-9(8)14-10/h4-7H,1-3H3. The first-order valence-corrected chi connectivity index (χ1v) is 5.26. The molecule has 0 aliphatic heterocycles. The Morgan fingerprint density at radius 3 is 2.64 bits per heavy atom. The largest absolute Gasteiger partial charge is 0.318 e. The molecule has 0 bridgehead atoms. The van der Waals surface area contributed by atoms with Crippen LogP contribution >= 0.6 is 11.3 Å². The second-order valence-corrected chi connectivity index (χ2v) is 4.37. The van der Waals surface area contributed by atoms with Crippen LogP contribution in [-0.2, 0) is 7.05 Å². The number of aromatic nitrogens is 1. The van der Waals surface area contributed by atoms with Crippen LogP contribution in [0.4, 0.5) is 0 Å². The molecule has 0 N–H and O–H groups in total. The number of para-hydroxylation sites is 1. The van der Waals surface area contributed by atoms with Crippen molar-refractivity contribution in [1.82, 2.24) is 9.58 Å². The number of rotatable bonds is 1. The van der Waals surface area contributed by atoms with Crippen LogP contribution in [0.5, 0.6) is 0 Å². The molecule has 2 aromatic rings.